The van der Waals surface area contributed by atoms with Crippen LogP contribution < -0.4 is 10.6 Å². The average Bonchev–Trinajstić information content (AvgIpc) is 2.38. The van der Waals surface area contributed by atoms with Gasteiger partial charge in [-0.2, -0.15) is 0 Å². The molecule has 4 N–H and O–H groups in total. The van der Waals surface area contributed by atoms with Crippen LogP contribution >= 0.6 is 0 Å². The van der Waals surface area contributed by atoms with Gasteiger partial charge in [0.2, 0.25) is 0 Å². The second-order valence-corrected chi connectivity index (χ2v) is 4.43. The lowest BCUT2D eigenvalue weighted by Gasteiger charge is -2.36. The van der Waals surface area contributed by atoms with Crippen molar-refractivity contribution < 1.29 is 15.0 Å². The Morgan fingerprint density at radius 1 is 1.56 bits per heavy atom. The highest BCUT2D eigenvalue weighted by molar-refractivity contribution is 5.96. The SMILES string of the molecule is Nc1c(C(=O)O)ccnc1N1CCCCC1CO. The number of nitrogens with zero attached hydrogens (tertiary/aromatic N) is 2. The molecule has 1 unspecified atom stereocenters. The van der Waals surface area contributed by atoms with Crippen LogP contribution in [0.15, 0.2) is 12.3 Å². The molecular formula is C12H17N3O3. The van der Waals surface area contributed by atoms with E-state index >= 15 is 0 Å². The number of hydrogen-bond donors (Lipinski definition) is 3. The highest BCUT2D eigenvalue weighted by atomic mass is 16.4. The van der Waals surface area contributed by atoms with Crippen LogP contribution in [-0.2, 0) is 0 Å². The number of rotatable bonds is 3. The molecule has 1 aromatic heterocycles. The molecule has 1 atom stereocenters. The first-order valence-electron chi connectivity index (χ1n) is 6.00. The number of nitrogens with two attached hydrogens (primary N) is 1. The Balaban J connectivity index is 2.37. The van der Waals surface area contributed by atoms with Crippen LogP contribution in [0.5, 0.6) is 0 Å². The van der Waals surface area contributed by atoms with Crippen molar-refractivity contribution in [2.45, 2.75) is 25.3 Å². The summed E-state index contributed by atoms with van der Waals surface area (Å²) in [7, 11) is 0. The summed E-state index contributed by atoms with van der Waals surface area (Å²) in [6, 6.07) is 1.36. The number of hydrogen-bond acceptors (Lipinski definition) is 5. The summed E-state index contributed by atoms with van der Waals surface area (Å²) in [5.74, 6) is -0.595. The van der Waals surface area contributed by atoms with Crippen molar-refractivity contribution in [2.75, 3.05) is 23.8 Å². The molecule has 6 heteroatoms. The summed E-state index contributed by atoms with van der Waals surface area (Å²) in [5.41, 5.74) is 6.09. The Hall–Kier alpha value is -1.82. The molecule has 98 valence electrons. The van der Waals surface area contributed by atoms with Gasteiger partial charge in [-0.3, -0.25) is 0 Å². The molecule has 0 radical (unpaired) electrons. The van der Waals surface area contributed by atoms with E-state index in [9.17, 15) is 9.90 Å². The molecule has 6 nitrogen and oxygen atoms in total. The van der Waals surface area contributed by atoms with E-state index in [-0.39, 0.29) is 23.9 Å². The molecule has 2 rings (SSSR count). The molecule has 1 aliphatic rings. The molecule has 1 aromatic rings. The van der Waals surface area contributed by atoms with Gasteiger partial charge in [-0.25, -0.2) is 9.78 Å². The van der Waals surface area contributed by atoms with Crippen molar-refractivity contribution in [1.82, 2.24) is 4.98 Å². The van der Waals surface area contributed by atoms with Crippen molar-refractivity contribution in [3.05, 3.63) is 17.8 Å². The molecule has 0 spiro atoms. The Kier molecular flexibility index (Phi) is 3.66. The van der Waals surface area contributed by atoms with E-state index in [1.165, 1.54) is 12.3 Å². The fraction of sp³-hybridized carbons (Fsp3) is 0.500. The second-order valence-electron chi connectivity index (χ2n) is 4.43. The summed E-state index contributed by atoms with van der Waals surface area (Å²) < 4.78 is 0. The molecule has 0 bridgehead atoms. The van der Waals surface area contributed by atoms with Gasteiger partial charge in [-0.05, 0) is 25.3 Å². The van der Waals surface area contributed by atoms with Gasteiger partial charge in [-0.15, -0.1) is 0 Å². The van der Waals surface area contributed by atoms with Gasteiger partial charge in [0, 0.05) is 12.7 Å². The zero-order valence-corrected chi connectivity index (χ0v) is 10.0. The minimum Gasteiger partial charge on any atom is -0.478 e. The van der Waals surface area contributed by atoms with Crippen molar-refractivity contribution in [2.24, 2.45) is 0 Å². The predicted molar refractivity (Wildman–Crippen MR) is 67.7 cm³/mol. The summed E-state index contributed by atoms with van der Waals surface area (Å²) in [6.07, 6.45) is 4.36. The van der Waals surface area contributed by atoms with E-state index in [1.54, 1.807) is 0 Å². The van der Waals surface area contributed by atoms with Gasteiger partial charge in [-0.1, -0.05) is 0 Å². The molecule has 2 heterocycles. The number of aliphatic hydroxyl groups excluding tert-OH is 1. The second kappa shape index (κ2) is 5.22. The number of aromatic carboxylic acids is 1. The Labute approximate surface area is 105 Å². The van der Waals surface area contributed by atoms with Crippen LogP contribution in [0.2, 0.25) is 0 Å². The third-order valence-corrected chi connectivity index (χ3v) is 3.31. The highest BCUT2D eigenvalue weighted by Gasteiger charge is 2.26. The largest absolute Gasteiger partial charge is 0.478 e. The minimum atomic E-state index is -1.06. The smallest absolute Gasteiger partial charge is 0.337 e. The van der Waals surface area contributed by atoms with E-state index in [0.29, 0.717) is 5.82 Å². The molecule has 0 amide bonds. The molecule has 18 heavy (non-hydrogen) atoms. The number of piperidine rings is 1. The maximum atomic E-state index is 11.0. The number of carboxylic acid groups (broad SMARTS) is 1. The molecule has 0 saturated carbocycles. The van der Waals surface area contributed by atoms with Crippen LogP contribution in [0, 0.1) is 0 Å². The summed E-state index contributed by atoms with van der Waals surface area (Å²) >= 11 is 0. The van der Waals surface area contributed by atoms with E-state index in [4.69, 9.17) is 10.8 Å². The van der Waals surface area contributed by atoms with Crippen LogP contribution in [0.1, 0.15) is 29.6 Å². The van der Waals surface area contributed by atoms with Crippen molar-refractivity contribution in [3.63, 3.8) is 0 Å². The molecule has 1 aliphatic heterocycles. The molecule has 0 aromatic carbocycles. The number of anilines is 2. The lowest BCUT2D eigenvalue weighted by atomic mass is 10.0. The number of nitrogen functional groups attached to an aromatic ring is 1. The monoisotopic (exact) mass is 251 g/mol. The number of carbonyl (C=O) groups is 1. The topological polar surface area (TPSA) is 99.7 Å². The van der Waals surface area contributed by atoms with E-state index in [1.807, 2.05) is 4.90 Å². The lowest BCUT2D eigenvalue weighted by Crippen LogP contribution is -2.42. The van der Waals surface area contributed by atoms with Gasteiger partial charge in [0.25, 0.3) is 0 Å². The van der Waals surface area contributed by atoms with Crippen LogP contribution in [0.25, 0.3) is 0 Å². The van der Waals surface area contributed by atoms with E-state index in [0.717, 1.165) is 25.8 Å². The van der Waals surface area contributed by atoms with Crippen molar-refractivity contribution >= 4 is 17.5 Å². The number of pyridine rings is 1. The van der Waals surface area contributed by atoms with Crippen LogP contribution in [-0.4, -0.2) is 40.4 Å². The number of aliphatic hydroxyl groups is 1. The first-order chi connectivity index (χ1) is 8.65. The predicted octanol–water partition coefficient (Wildman–Crippen LogP) is 0.713. The van der Waals surface area contributed by atoms with Crippen LogP contribution in [0.4, 0.5) is 11.5 Å². The van der Waals surface area contributed by atoms with Crippen molar-refractivity contribution in [1.29, 1.82) is 0 Å². The maximum absolute atomic E-state index is 11.0. The summed E-state index contributed by atoms with van der Waals surface area (Å²) in [5, 5.41) is 18.4. The summed E-state index contributed by atoms with van der Waals surface area (Å²) in [6.45, 7) is 0.768. The quantitative estimate of drug-likeness (QED) is 0.731. The number of aromatic nitrogens is 1. The van der Waals surface area contributed by atoms with E-state index < -0.39 is 5.97 Å². The van der Waals surface area contributed by atoms with Crippen molar-refractivity contribution in [3.8, 4) is 0 Å². The van der Waals surface area contributed by atoms with Gasteiger partial charge in [0.05, 0.1) is 23.9 Å². The normalized spacial score (nSPS) is 19.8. The average molecular weight is 251 g/mol. The fourth-order valence-electron chi connectivity index (χ4n) is 2.35. The third-order valence-electron chi connectivity index (χ3n) is 3.31. The standard InChI is InChI=1S/C12H17N3O3/c13-10-9(12(17)18)4-5-14-11(10)15-6-2-1-3-8(15)7-16/h4-5,8,16H,1-3,6-7,13H2,(H,17,18). The molecule has 1 fully saturated rings. The highest BCUT2D eigenvalue weighted by Crippen LogP contribution is 2.29. The Bertz CT molecular complexity index is 450. The lowest BCUT2D eigenvalue weighted by molar-refractivity contribution is 0.0698. The third kappa shape index (κ3) is 2.24. The van der Waals surface area contributed by atoms with Gasteiger partial charge in [0.15, 0.2) is 5.82 Å². The first-order valence-corrected chi connectivity index (χ1v) is 6.00. The van der Waals surface area contributed by atoms with Crippen LogP contribution in [0.3, 0.4) is 0 Å². The zero-order chi connectivity index (χ0) is 13.1. The van der Waals surface area contributed by atoms with Gasteiger partial charge < -0.3 is 20.8 Å². The molecule has 0 aliphatic carbocycles. The van der Waals surface area contributed by atoms with Gasteiger partial charge in [0.1, 0.15) is 0 Å². The molecular weight excluding hydrogens is 234 g/mol. The Morgan fingerprint density at radius 3 is 3.00 bits per heavy atom. The zero-order valence-electron chi connectivity index (χ0n) is 10.0. The maximum Gasteiger partial charge on any atom is 0.337 e. The minimum absolute atomic E-state index is 0.0262. The Morgan fingerprint density at radius 2 is 2.33 bits per heavy atom. The first kappa shape index (κ1) is 12.6. The van der Waals surface area contributed by atoms with Gasteiger partial charge >= 0.3 is 5.97 Å². The summed E-state index contributed by atoms with van der Waals surface area (Å²) in [4.78, 5) is 17.1. The van der Waals surface area contributed by atoms with E-state index in [2.05, 4.69) is 4.98 Å². The number of carboxylic acids is 1. The molecule has 1 saturated heterocycles. The fourth-order valence-corrected chi connectivity index (χ4v) is 2.35.